The molecule has 20 heavy (non-hydrogen) atoms. The predicted molar refractivity (Wildman–Crippen MR) is 78.9 cm³/mol. The van der Waals surface area contributed by atoms with E-state index in [4.69, 9.17) is 11.6 Å². The molecule has 1 saturated heterocycles. The summed E-state index contributed by atoms with van der Waals surface area (Å²) in [6.07, 6.45) is 2.63. The maximum absolute atomic E-state index is 11.7. The lowest BCUT2D eigenvalue weighted by Crippen LogP contribution is -2.41. The zero-order valence-corrected chi connectivity index (χ0v) is 11.9. The first kappa shape index (κ1) is 14.7. The van der Waals surface area contributed by atoms with Gasteiger partial charge in [-0.05, 0) is 31.0 Å². The zero-order chi connectivity index (χ0) is 14.4. The van der Waals surface area contributed by atoms with Gasteiger partial charge < -0.3 is 15.5 Å². The smallest absolute Gasteiger partial charge is 0.319 e. The van der Waals surface area contributed by atoms with Crippen molar-refractivity contribution < 1.29 is 9.59 Å². The van der Waals surface area contributed by atoms with Crippen molar-refractivity contribution in [2.24, 2.45) is 0 Å². The molecule has 5 nitrogen and oxygen atoms in total. The van der Waals surface area contributed by atoms with Gasteiger partial charge in [0, 0.05) is 36.8 Å². The first-order chi connectivity index (χ1) is 9.65. The number of urea groups is 1. The van der Waals surface area contributed by atoms with Crippen LogP contribution in [0.4, 0.5) is 10.5 Å². The third kappa shape index (κ3) is 4.42. The van der Waals surface area contributed by atoms with Crippen LogP contribution in [0.15, 0.2) is 24.3 Å². The molecule has 2 N–H and O–H groups in total. The van der Waals surface area contributed by atoms with Gasteiger partial charge in [-0.15, -0.1) is 0 Å². The average molecular weight is 296 g/mol. The Morgan fingerprint density at radius 2 is 2.20 bits per heavy atom. The molecule has 3 amide bonds. The number of benzene rings is 1. The molecule has 108 valence electrons. The van der Waals surface area contributed by atoms with E-state index in [9.17, 15) is 9.59 Å². The minimum atomic E-state index is -0.295. The van der Waals surface area contributed by atoms with Crippen molar-refractivity contribution in [3.8, 4) is 0 Å². The van der Waals surface area contributed by atoms with Gasteiger partial charge >= 0.3 is 6.03 Å². The molecule has 0 saturated carbocycles. The molecule has 0 aromatic heterocycles. The van der Waals surface area contributed by atoms with E-state index in [0.29, 0.717) is 30.2 Å². The van der Waals surface area contributed by atoms with Crippen molar-refractivity contribution in [2.45, 2.75) is 19.3 Å². The molecule has 0 unspecified atom stereocenters. The zero-order valence-electron chi connectivity index (χ0n) is 11.2. The number of anilines is 1. The molecule has 1 aliphatic heterocycles. The van der Waals surface area contributed by atoms with Gasteiger partial charge in [-0.25, -0.2) is 4.79 Å². The number of amides is 3. The Labute approximate surface area is 123 Å². The summed E-state index contributed by atoms with van der Waals surface area (Å²) in [6.45, 7) is 1.79. The van der Waals surface area contributed by atoms with Crippen LogP contribution in [-0.4, -0.2) is 36.5 Å². The van der Waals surface area contributed by atoms with Crippen molar-refractivity contribution >= 4 is 29.2 Å². The van der Waals surface area contributed by atoms with Gasteiger partial charge in [0.05, 0.1) is 0 Å². The van der Waals surface area contributed by atoms with Crippen LogP contribution >= 0.6 is 11.6 Å². The van der Waals surface area contributed by atoms with Gasteiger partial charge in [0.15, 0.2) is 0 Å². The van der Waals surface area contributed by atoms with Gasteiger partial charge in [-0.2, -0.15) is 0 Å². The fourth-order valence-corrected chi connectivity index (χ4v) is 2.33. The van der Waals surface area contributed by atoms with E-state index < -0.39 is 0 Å². The lowest BCUT2D eigenvalue weighted by molar-refractivity contribution is -0.133. The van der Waals surface area contributed by atoms with Crippen LogP contribution in [0.5, 0.6) is 0 Å². The fourth-order valence-electron chi connectivity index (χ4n) is 2.14. The van der Waals surface area contributed by atoms with Crippen LogP contribution in [-0.2, 0) is 4.79 Å². The Hall–Kier alpha value is -1.75. The van der Waals surface area contributed by atoms with Crippen molar-refractivity contribution in [1.82, 2.24) is 10.2 Å². The van der Waals surface area contributed by atoms with Crippen LogP contribution in [0.3, 0.4) is 0 Å². The largest absolute Gasteiger partial charge is 0.341 e. The highest BCUT2D eigenvalue weighted by molar-refractivity contribution is 6.30. The molecule has 0 radical (unpaired) electrons. The summed E-state index contributed by atoms with van der Waals surface area (Å²) in [5, 5.41) is 6.00. The number of hydrogen-bond acceptors (Lipinski definition) is 2. The third-order valence-corrected chi connectivity index (χ3v) is 3.41. The fraction of sp³-hybridized carbons (Fsp3) is 0.429. The van der Waals surface area contributed by atoms with Crippen LogP contribution in [0.25, 0.3) is 0 Å². The number of piperidine rings is 1. The summed E-state index contributed by atoms with van der Waals surface area (Å²) >= 11 is 5.83. The Balaban J connectivity index is 1.71. The molecule has 1 aromatic carbocycles. The van der Waals surface area contributed by atoms with Gasteiger partial charge in [0.2, 0.25) is 5.91 Å². The second-order valence-corrected chi connectivity index (χ2v) is 5.17. The molecule has 0 spiro atoms. The number of rotatable bonds is 4. The highest BCUT2D eigenvalue weighted by atomic mass is 35.5. The van der Waals surface area contributed by atoms with E-state index in [0.717, 1.165) is 19.4 Å². The molecular weight excluding hydrogens is 278 g/mol. The highest BCUT2D eigenvalue weighted by Crippen LogP contribution is 2.14. The number of hydrogen-bond donors (Lipinski definition) is 2. The Kier molecular flexibility index (Phi) is 5.24. The van der Waals surface area contributed by atoms with Crippen LogP contribution < -0.4 is 10.6 Å². The molecule has 1 aromatic rings. The molecule has 2 rings (SSSR count). The van der Waals surface area contributed by atoms with Gasteiger partial charge in [0.1, 0.15) is 0 Å². The molecule has 1 fully saturated rings. The molecular formula is C14H18ClN3O2. The third-order valence-electron chi connectivity index (χ3n) is 3.17. The topological polar surface area (TPSA) is 61.4 Å². The Bertz CT molecular complexity index is 493. The second kappa shape index (κ2) is 7.14. The number of likely N-dealkylation sites (tertiary alicyclic amines) is 1. The maximum Gasteiger partial charge on any atom is 0.319 e. The average Bonchev–Trinajstić information content (AvgIpc) is 2.41. The summed E-state index contributed by atoms with van der Waals surface area (Å²) in [7, 11) is 0. The number of nitrogens with one attached hydrogen (secondary N) is 2. The van der Waals surface area contributed by atoms with E-state index in [1.165, 1.54) is 0 Å². The van der Waals surface area contributed by atoms with E-state index in [-0.39, 0.29) is 11.9 Å². The molecule has 1 aliphatic rings. The van der Waals surface area contributed by atoms with Crippen molar-refractivity contribution in [1.29, 1.82) is 0 Å². The van der Waals surface area contributed by atoms with E-state index in [2.05, 4.69) is 10.6 Å². The lowest BCUT2D eigenvalue weighted by atomic mass is 10.1. The standard InChI is InChI=1S/C14H18ClN3O2/c15-11-4-3-5-12(10-11)17-14(20)16-7-9-18-8-2-1-6-13(18)19/h3-5,10H,1-2,6-9H2,(H2,16,17,20). The minimum absolute atomic E-state index is 0.174. The maximum atomic E-state index is 11.7. The normalized spacial score (nSPS) is 15.1. The minimum Gasteiger partial charge on any atom is -0.341 e. The van der Waals surface area contributed by atoms with Gasteiger partial charge in [0.25, 0.3) is 0 Å². The highest BCUT2D eigenvalue weighted by Gasteiger charge is 2.17. The van der Waals surface area contributed by atoms with E-state index >= 15 is 0 Å². The van der Waals surface area contributed by atoms with Crippen molar-refractivity contribution in [3.05, 3.63) is 29.3 Å². The monoisotopic (exact) mass is 295 g/mol. The quantitative estimate of drug-likeness (QED) is 0.896. The SMILES string of the molecule is O=C(NCCN1CCCCC1=O)Nc1cccc(Cl)c1. The number of nitrogens with zero attached hydrogens (tertiary/aromatic N) is 1. The van der Waals surface area contributed by atoms with Gasteiger partial charge in [-0.3, -0.25) is 4.79 Å². The molecule has 0 atom stereocenters. The predicted octanol–water partition coefficient (Wildman–Crippen LogP) is 2.47. The van der Waals surface area contributed by atoms with Crippen LogP contribution in [0.1, 0.15) is 19.3 Å². The molecule has 6 heteroatoms. The summed E-state index contributed by atoms with van der Waals surface area (Å²) in [4.78, 5) is 25.1. The number of carbonyl (C=O) groups excluding carboxylic acids is 2. The van der Waals surface area contributed by atoms with E-state index in [1.54, 1.807) is 29.2 Å². The molecule has 0 aliphatic carbocycles. The Morgan fingerprint density at radius 3 is 2.95 bits per heavy atom. The second-order valence-electron chi connectivity index (χ2n) is 4.73. The summed E-state index contributed by atoms with van der Waals surface area (Å²) in [6, 6.07) is 6.66. The van der Waals surface area contributed by atoms with Crippen LogP contribution in [0, 0.1) is 0 Å². The Morgan fingerprint density at radius 1 is 1.35 bits per heavy atom. The summed E-state index contributed by atoms with van der Waals surface area (Å²) < 4.78 is 0. The molecule has 1 heterocycles. The van der Waals surface area contributed by atoms with Crippen molar-refractivity contribution in [2.75, 3.05) is 25.0 Å². The first-order valence-corrected chi connectivity index (χ1v) is 7.11. The lowest BCUT2D eigenvalue weighted by Gasteiger charge is -2.26. The summed E-state index contributed by atoms with van der Waals surface area (Å²) in [5.74, 6) is 0.174. The van der Waals surface area contributed by atoms with Gasteiger partial charge in [-0.1, -0.05) is 17.7 Å². The molecule has 0 bridgehead atoms. The number of carbonyl (C=O) groups is 2. The van der Waals surface area contributed by atoms with E-state index in [1.807, 2.05) is 0 Å². The first-order valence-electron chi connectivity index (χ1n) is 6.73. The number of halogens is 1. The van der Waals surface area contributed by atoms with Crippen molar-refractivity contribution in [3.63, 3.8) is 0 Å². The summed E-state index contributed by atoms with van der Waals surface area (Å²) in [5.41, 5.74) is 0.643. The van der Waals surface area contributed by atoms with Crippen LogP contribution in [0.2, 0.25) is 5.02 Å².